The summed E-state index contributed by atoms with van der Waals surface area (Å²) in [7, 11) is 0. The third-order valence-electron chi connectivity index (χ3n) is 5.94. The van der Waals surface area contributed by atoms with Crippen LogP contribution in [-0.2, 0) is 9.59 Å². The number of nitrogens with zero attached hydrogens (tertiary/aromatic N) is 3. The fraction of sp³-hybridized carbons (Fsp3) is 0.333. The molecule has 0 atom stereocenters. The molecule has 2 amide bonds. The van der Waals surface area contributed by atoms with Crippen LogP contribution in [0, 0.1) is 0 Å². The molecule has 194 valence electrons. The van der Waals surface area contributed by atoms with E-state index < -0.39 is 0 Å². The van der Waals surface area contributed by atoms with Gasteiger partial charge in [-0.1, -0.05) is 35.9 Å². The van der Waals surface area contributed by atoms with E-state index in [1.807, 2.05) is 48.5 Å². The summed E-state index contributed by atoms with van der Waals surface area (Å²) in [6.45, 7) is 4.35. The van der Waals surface area contributed by atoms with Crippen molar-refractivity contribution in [2.45, 2.75) is 25.9 Å². The van der Waals surface area contributed by atoms with Gasteiger partial charge in [0.05, 0.1) is 11.6 Å². The van der Waals surface area contributed by atoms with E-state index in [4.69, 9.17) is 16.3 Å². The first kappa shape index (κ1) is 26.4. The first-order chi connectivity index (χ1) is 18.0. The monoisotopic (exact) mass is 522 g/mol. The first-order valence-corrected chi connectivity index (χ1v) is 12.7. The largest absolute Gasteiger partial charge is 0.489 e. The molecule has 1 fully saturated rings. The second-order valence-corrected chi connectivity index (χ2v) is 9.20. The number of benzene rings is 2. The van der Waals surface area contributed by atoms with Crippen LogP contribution in [0.2, 0.25) is 5.02 Å². The van der Waals surface area contributed by atoms with Gasteiger partial charge < -0.3 is 20.7 Å². The van der Waals surface area contributed by atoms with Crippen molar-refractivity contribution in [2.24, 2.45) is 0 Å². The highest BCUT2D eigenvalue weighted by Gasteiger charge is 2.23. The molecule has 1 aliphatic heterocycles. The van der Waals surface area contributed by atoms with Gasteiger partial charge >= 0.3 is 0 Å². The van der Waals surface area contributed by atoms with Crippen LogP contribution in [0.25, 0.3) is 11.4 Å². The highest BCUT2D eigenvalue weighted by molar-refractivity contribution is 6.32. The number of anilines is 2. The smallest absolute Gasteiger partial charge is 0.239 e. The van der Waals surface area contributed by atoms with Crippen LogP contribution in [0.15, 0.2) is 60.8 Å². The molecule has 0 bridgehead atoms. The van der Waals surface area contributed by atoms with Crippen molar-refractivity contribution in [1.82, 2.24) is 20.2 Å². The maximum Gasteiger partial charge on any atom is 0.239 e. The van der Waals surface area contributed by atoms with Crippen molar-refractivity contribution >= 4 is 34.9 Å². The summed E-state index contributed by atoms with van der Waals surface area (Å²) in [6, 6.07) is 16.8. The summed E-state index contributed by atoms with van der Waals surface area (Å²) >= 11 is 6.20. The molecular formula is C27H31ClN6O3. The highest BCUT2D eigenvalue weighted by atomic mass is 35.5. The Balaban J connectivity index is 1.29. The van der Waals surface area contributed by atoms with Gasteiger partial charge in [-0.3, -0.25) is 14.5 Å². The van der Waals surface area contributed by atoms with Crippen molar-refractivity contribution in [3.8, 4) is 17.1 Å². The molecule has 10 heteroatoms. The van der Waals surface area contributed by atoms with E-state index in [-0.39, 0.29) is 24.5 Å². The van der Waals surface area contributed by atoms with Gasteiger partial charge in [0, 0.05) is 50.6 Å². The molecule has 9 nitrogen and oxygen atoms in total. The fourth-order valence-electron chi connectivity index (χ4n) is 4.12. The first-order valence-electron chi connectivity index (χ1n) is 12.3. The maximum atomic E-state index is 12.7. The molecule has 0 saturated carbocycles. The minimum Gasteiger partial charge on any atom is -0.489 e. The van der Waals surface area contributed by atoms with E-state index in [1.165, 1.54) is 6.92 Å². The standard InChI is InChI=1S/C27H31ClN6O3/c1-19(35)29-14-15-30-23-8-4-2-6-21(23)27-31-13-10-25(33-27)32-26(36)18-34-16-11-20(12-17-34)37-24-9-5-3-7-22(24)28/h2-10,13,20,30H,11-12,14-18H2,1H3,(H,29,35)(H,31,32,33,36). The second kappa shape index (κ2) is 13.0. The number of piperidine rings is 1. The minimum atomic E-state index is -0.128. The Hall–Kier alpha value is -3.69. The Bertz CT molecular complexity index is 1220. The molecule has 37 heavy (non-hydrogen) atoms. The summed E-state index contributed by atoms with van der Waals surface area (Å²) < 4.78 is 6.04. The number of carbonyl (C=O) groups is 2. The number of rotatable bonds is 10. The van der Waals surface area contributed by atoms with E-state index in [0.29, 0.717) is 35.5 Å². The minimum absolute atomic E-state index is 0.0725. The Kier molecular flexibility index (Phi) is 9.29. The number of halogens is 1. The van der Waals surface area contributed by atoms with E-state index in [9.17, 15) is 9.59 Å². The topological polar surface area (TPSA) is 108 Å². The van der Waals surface area contributed by atoms with Gasteiger partial charge in [-0.15, -0.1) is 0 Å². The SMILES string of the molecule is CC(=O)NCCNc1ccccc1-c1nccc(NC(=O)CN2CCC(Oc3ccccc3Cl)CC2)n1. The van der Waals surface area contributed by atoms with E-state index in [1.54, 1.807) is 12.3 Å². The maximum absolute atomic E-state index is 12.7. The van der Waals surface area contributed by atoms with Crippen LogP contribution in [0.5, 0.6) is 5.75 Å². The third kappa shape index (κ3) is 7.90. The average molecular weight is 523 g/mol. The molecule has 4 rings (SSSR count). The van der Waals surface area contributed by atoms with Crippen molar-refractivity contribution in [1.29, 1.82) is 0 Å². The van der Waals surface area contributed by atoms with Crippen molar-refractivity contribution in [3.63, 3.8) is 0 Å². The van der Waals surface area contributed by atoms with Gasteiger partial charge in [-0.2, -0.15) is 0 Å². The number of ether oxygens (including phenoxy) is 1. The Morgan fingerprint density at radius 3 is 2.59 bits per heavy atom. The van der Waals surface area contributed by atoms with Gasteiger partial charge in [0.1, 0.15) is 17.7 Å². The van der Waals surface area contributed by atoms with E-state index in [2.05, 4.69) is 30.8 Å². The number of carbonyl (C=O) groups excluding carboxylic acids is 2. The Labute approximate surface area is 221 Å². The van der Waals surface area contributed by atoms with Crippen LogP contribution >= 0.6 is 11.6 Å². The Morgan fingerprint density at radius 2 is 1.81 bits per heavy atom. The summed E-state index contributed by atoms with van der Waals surface area (Å²) in [4.78, 5) is 34.9. The quantitative estimate of drug-likeness (QED) is 0.347. The summed E-state index contributed by atoms with van der Waals surface area (Å²) in [5.74, 6) is 1.44. The number of amides is 2. The van der Waals surface area contributed by atoms with Crippen LogP contribution < -0.4 is 20.7 Å². The lowest BCUT2D eigenvalue weighted by Gasteiger charge is -2.31. The molecule has 1 saturated heterocycles. The number of nitrogens with one attached hydrogen (secondary N) is 3. The van der Waals surface area contributed by atoms with Crippen LogP contribution in [0.3, 0.4) is 0 Å². The number of hydrogen-bond acceptors (Lipinski definition) is 7. The molecule has 3 N–H and O–H groups in total. The average Bonchev–Trinajstić information content (AvgIpc) is 2.89. The molecule has 1 aromatic heterocycles. The van der Waals surface area contributed by atoms with E-state index in [0.717, 1.165) is 37.2 Å². The molecule has 0 aliphatic carbocycles. The molecule has 0 radical (unpaired) electrons. The summed E-state index contributed by atoms with van der Waals surface area (Å²) in [5, 5.41) is 9.56. The highest BCUT2D eigenvalue weighted by Crippen LogP contribution is 2.27. The molecule has 2 heterocycles. The van der Waals surface area contributed by atoms with Crippen molar-refractivity contribution in [2.75, 3.05) is 43.4 Å². The number of para-hydroxylation sites is 2. The predicted octanol–water partition coefficient (Wildman–Crippen LogP) is 3.83. The number of aromatic nitrogens is 2. The van der Waals surface area contributed by atoms with E-state index >= 15 is 0 Å². The van der Waals surface area contributed by atoms with Crippen molar-refractivity contribution < 1.29 is 14.3 Å². The van der Waals surface area contributed by atoms with Crippen LogP contribution in [0.4, 0.5) is 11.5 Å². The molecular weight excluding hydrogens is 492 g/mol. The van der Waals surface area contributed by atoms with Crippen LogP contribution in [0.1, 0.15) is 19.8 Å². The van der Waals surface area contributed by atoms with Gasteiger partial charge in [0.15, 0.2) is 5.82 Å². The molecule has 1 aliphatic rings. The molecule has 0 spiro atoms. The van der Waals surface area contributed by atoms with Gasteiger partial charge in [-0.25, -0.2) is 9.97 Å². The Morgan fingerprint density at radius 1 is 1.05 bits per heavy atom. The lowest BCUT2D eigenvalue weighted by Crippen LogP contribution is -2.42. The van der Waals surface area contributed by atoms with Crippen molar-refractivity contribution in [3.05, 3.63) is 65.8 Å². The number of hydrogen-bond donors (Lipinski definition) is 3. The third-order valence-corrected chi connectivity index (χ3v) is 6.25. The zero-order valence-electron chi connectivity index (χ0n) is 20.7. The molecule has 3 aromatic rings. The fourth-order valence-corrected chi connectivity index (χ4v) is 4.30. The summed E-state index contributed by atoms with van der Waals surface area (Å²) in [5.41, 5.74) is 1.65. The lowest BCUT2D eigenvalue weighted by molar-refractivity contribution is -0.119. The van der Waals surface area contributed by atoms with Gasteiger partial charge in [0.2, 0.25) is 11.8 Å². The lowest BCUT2D eigenvalue weighted by atomic mass is 10.1. The summed E-state index contributed by atoms with van der Waals surface area (Å²) in [6.07, 6.45) is 3.35. The zero-order valence-corrected chi connectivity index (χ0v) is 21.5. The van der Waals surface area contributed by atoms with Crippen LogP contribution in [-0.4, -0.2) is 65.5 Å². The second-order valence-electron chi connectivity index (χ2n) is 8.79. The predicted molar refractivity (Wildman–Crippen MR) is 145 cm³/mol. The molecule has 2 aromatic carbocycles. The number of likely N-dealkylation sites (tertiary alicyclic amines) is 1. The normalized spacial score (nSPS) is 14.1. The van der Waals surface area contributed by atoms with Gasteiger partial charge in [-0.05, 0) is 43.2 Å². The molecule has 0 unspecified atom stereocenters. The zero-order chi connectivity index (χ0) is 26.0. The van der Waals surface area contributed by atoms with Gasteiger partial charge in [0.25, 0.3) is 0 Å².